The highest BCUT2D eigenvalue weighted by Gasteiger charge is 2.28. The molecule has 15 heavy (non-hydrogen) atoms. The molecular formula is C13H27NO. The van der Waals surface area contributed by atoms with E-state index in [0.29, 0.717) is 5.92 Å². The van der Waals surface area contributed by atoms with Crippen LogP contribution in [-0.2, 0) is 4.74 Å². The van der Waals surface area contributed by atoms with Gasteiger partial charge in [0.25, 0.3) is 0 Å². The highest BCUT2D eigenvalue weighted by molar-refractivity contribution is 4.84. The lowest BCUT2D eigenvalue weighted by atomic mass is 9.77. The predicted octanol–water partition coefficient (Wildman–Crippen LogP) is 2.96. The molecule has 1 rings (SSSR count). The second kappa shape index (κ2) is 6.49. The van der Waals surface area contributed by atoms with E-state index in [-0.39, 0.29) is 12.1 Å². The smallest absolute Gasteiger partial charge is 0.0724 e. The van der Waals surface area contributed by atoms with Crippen molar-refractivity contribution in [3.63, 3.8) is 0 Å². The first-order valence-electron chi connectivity index (χ1n) is 6.47. The third-order valence-corrected chi connectivity index (χ3v) is 3.91. The van der Waals surface area contributed by atoms with Gasteiger partial charge in [0.2, 0.25) is 0 Å². The first-order valence-corrected chi connectivity index (χ1v) is 6.47. The molecule has 0 saturated heterocycles. The van der Waals surface area contributed by atoms with Crippen LogP contribution in [0, 0.1) is 11.8 Å². The van der Waals surface area contributed by atoms with Crippen molar-refractivity contribution < 1.29 is 4.74 Å². The number of hydrogen-bond acceptors (Lipinski definition) is 2. The number of methoxy groups -OCH3 is 1. The van der Waals surface area contributed by atoms with Crippen LogP contribution in [0.1, 0.15) is 52.4 Å². The van der Waals surface area contributed by atoms with E-state index in [0.717, 1.165) is 18.8 Å². The fourth-order valence-corrected chi connectivity index (χ4v) is 2.73. The van der Waals surface area contributed by atoms with E-state index in [9.17, 15) is 0 Å². The van der Waals surface area contributed by atoms with Gasteiger partial charge in [0.15, 0.2) is 0 Å². The zero-order chi connectivity index (χ0) is 11.3. The topological polar surface area (TPSA) is 35.2 Å². The lowest BCUT2D eigenvalue weighted by molar-refractivity contribution is 0.0445. The summed E-state index contributed by atoms with van der Waals surface area (Å²) in [5.74, 6) is 1.60. The Labute approximate surface area is 94.6 Å². The molecule has 1 aliphatic rings. The van der Waals surface area contributed by atoms with E-state index in [1.165, 1.54) is 25.7 Å². The van der Waals surface area contributed by atoms with Crippen molar-refractivity contribution in [2.75, 3.05) is 7.11 Å². The molecule has 0 aromatic rings. The molecule has 90 valence electrons. The molecule has 0 radical (unpaired) electrons. The van der Waals surface area contributed by atoms with Crippen LogP contribution in [0.15, 0.2) is 0 Å². The van der Waals surface area contributed by atoms with Crippen molar-refractivity contribution in [3.8, 4) is 0 Å². The number of rotatable bonds is 5. The van der Waals surface area contributed by atoms with Crippen LogP contribution in [0.3, 0.4) is 0 Å². The zero-order valence-corrected chi connectivity index (χ0v) is 10.5. The summed E-state index contributed by atoms with van der Waals surface area (Å²) >= 11 is 0. The van der Waals surface area contributed by atoms with Gasteiger partial charge in [0.1, 0.15) is 0 Å². The summed E-state index contributed by atoms with van der Waals surface area (Å²) in [4.78, 5) is 0. The minimum atomic E-state index is 0.252. The van der Waals surface area contributed by atoms with Gasteiger partial charge >= 0.3 is 0 Å². The first-order chi connectivity index (χ1) is 7.19. The van der Waals surface area contributed by atoms with Gasteiger partial charge in [-0.3, -0.25) is 0 Å². The van der Waals surface area contributed by atoms with Gasteiger partial charge in [-0.05, 0) is 31.1 Å². The molecule has 1 fully saturated rings. The van der Waals surface area contributed by atoms with E-state index in [2.05, 4.69) is 13.8 Å². The Bertz CT molecular complexity index is 164. The van der Waals surface area contributed by atoms with Crippen molar-refractivity contribution in [2.45, 2.75) is 64.5 Å². The number of hydrogen-bond donors (Lipinski definition) is 1. The summed E-state index contributed by atoms with van der Waals surface area (Å²) in [6.45, 7) is 4.54. The number of ether oxygens (including phenoxy) is 1. The Morgan fingerprint density at radius 2 is 1.87 bits per heavy atom. The minimum Gasteiger partial charge on any atom is -0.380 e. The van der Waals surface area contributed by atoms with E-state index in [1.807, 2.05) is 0 Å². The Hall–Kier alpha value is -0.0800. The van der Waals surface area contributed by atoms with Gasteiger partial charge in [-0.1, -0.05) is 33.1 Å². The third-order valence-electron chi connectivity index (χ3n) is 3.91. The molecule has 0 aromatic carbocycles. The highest BCUT2D eigenvalue weighted by atomic mass is 16.5. The minimum absolute atomic E-state index is 0.252. The molecule has 0 amide bonds. The van der Waals surface area contributed by atoms with Gasteiger partial charge < -0.3 is 10.5 Å². The average molecular weight is 213 g/mol. The summed E-state index contributed by atoms with van der Waals surface area (Å²) in [7, 11) is 1.80. The molecule has 0 bridgehead atoms. The summed E-state index contributed by atoms with van der Waals surface area (Å²) in [5, 5.41) is 0. The summed E-state index contributed by atoms with van der Waals surface area (Å²) < 4.78 is 5.51. The molecule has 1 aliphatic carbocycles. The molecule has 0 aliphatic heterocycles. The second-order valence-corrected chi connectivity index (χ2v) is 5.16. The van der Waals surface area contributed by atoms with Gasteiger partial charge in [-0.15, -0.1) is 0 Å². The van der Waals surface area contributed by atoms with Crippen molar-refractivity contribution >= 4 is 0 Å². The Morgan fingerprint density at radius 3 is 2.33 bits per heavy atom. The van der Waals surface area contributed by atoms with Gasteiger partial charge in [0.05, 0.1) is 6.10 Å². The maximum Gasteiger partial charge on any atom is 0.0724 e. The fourth-order valence-electron chi connectivity index (χ4n) is 2.73. The van der Waals surface area contributed by atoms with Crippen LogP contribution < -0.4 is 5.73 Å². The first kappa shape index (κ1) is 13.0. The third kappa shape index (κ3) is 3.76. The van der Waals surface area contributed by atoms with Crippen LogP contribution >= 0.6 is 0 Å². The monoisotopic (exact) mass is 213 g/mol. The number of nitrogens with two attached hydrogens (primary N) is 1. The van der Waals surface area contributed by atoms with Gasteiger partial charge in [-0.25, -0.2) is 0 Å². The largest absolute Gasteiger partial charge is 0.380 e. The molecule has 1 saturated carbocycles. The van der Waals surface area contributed by atoms with Crippen LogP contribution in [0.4, 0.5) is 0 Å². The van der Waals surface area contributed by atoms with Gasteiger partial charge in [0, 0.05) is 13.2 Å². The maximum atomic E-state index is 6.31. The van der Waals surface area contributed by atoms with Gasteiger partial charge in [-0.2, -0.15) is 0 Å². The fraction of sp³-hybridized carbons (Fsp3) is 1.00. The standard InChI is InChI=1S/C13H27NO/c1-4-5-12(15-3)13(14)11-8-6-10(2)7-9-11/h10-13H,4-9,14H2,1-3H3. The molecule has 2 heteroatoms. The molecule has 2 unspecified atom stereocenters. The quantitative estimate of drug-likeness (QED) is 0.762. The molecule has 2 nitrogen and oxygen atoms in total. The van der Waals surface area contributed by atoms with Crippen LogP contribution in [0.5, 0.6) is 0 Å². The summed E-state index contributed by atoms with van der Waals surface area (Å²) in [5.41, 5.74) is 6.31. The Morgan fingerprint density at radius 1 is 1.27 bits per heavy atom. The van der Waals surface area contributed by atoms with E-state index in [1.54, 1.807) is 7.11 Å². The van der Waals surface area contributed by atoms with Crippen molar-refractivity contribution in [1.29, 1.82) is 0 Å². The molecule has 0 aromatic heterocycles. The summed E-state index contributed by atoms with van der Waals surface area (Å²) in [6, 6.07) is 0.252. The molecule has 2 N–H and O–H groups in total. The molecule has 0 spiro atoms. The van der Waals surface area contributed by atoms with Crippen molar-refractivity contribution in [3.05, 3.63) is 0 Å². The Kier molecular flexibility index (Phi) is 5.62. The van der Waals surface area contributed by atoms with Crippen molar-refractivity contribution in [2.24, 2.45) is 17.6 Å². The maximum absolute atomic E-state index is 6.31. The lowest BCUT2D eigenvalue weighted by Crippen LogP contribution is -2.43. The van der Waals surface area contributed by atoms with E-state index < -0.39 is 0 Å². The molecule has 0 heterocycles. The van der Waals surface area contributed by atoms with Crippen LogP contribution in [-0.4, -0.2) is 19.3 Å². The van der Waals surface area contributed by atoms with Crippen molar-refractivity contribution in [1.82, 2.24) is 0 Å². The van der Waals surface area contributed by atoms with E-state index in [4.69, 9.17) is 10.5 Å². The summed E-state index contributed by atoms with van der Waals surface area (Å²) in [6.07, 6.45) is 7.83. The van der Waals surface area contributed by atoms with Crippen LogP contribution in [0.2, 0.25) is 0 Å². The second-order valence-electron chi connectivity index (χ2n) is 5.16. The average Bonchev–Trinajstić information content (AvgIpc) is 2.26. The van der Waals surface area contributed by atoms with Crippen LogP contribution in [0.25, 0.3) is 0 Å². The zero-order valence-electron chi connectivity index (χ0n) is 10.5. The highest BCUT2D eigenvalue weighted by Crippen LogP contribution is 2.31. The lowest BCUT2D eigenvalue weighted by Gasteiger charge is -2.34. The normalized spacial score (nSPS) is 31.2. The Balaban J connectivity index is 2.40. The predicted molar refractivity (Wildman–Crippen MR) is 64.8 cm³/mol. The molecule has 2 atom stereocenters. The SMILES string of the molecule is CCCC(OC)C(N)C1CCC(C)CC1. The van der Waals surface area contributed by atoms with E-state index >= 15 is 0 Å². The molecular weight excluding hydrogens is 186 g/mol.